The van der Waals surface area contributed by atoms with E-state index in [9.17, 15) is 5.11 Å². The molecule has 0 aliphatic rings. The van der Waals surface area contributed by atoms with Crippen LogP contribution in [0.5, 0.6) is 0 Å². The standard InChI is InChI=1S/C17H29NO/c1-4-6-13-18(14-7-5-2)15-17(3,19)16-11-9-8-10-12-16/h8-12,19H,4-7,13-15H2,1-3H3/t17-/m0/s1. The van der Waals surface area contributed by atoms with Gasteiger partial charge >= 0.3 is 0 Å². The SMILES string of the molecule is CCCCN(CCCC)C[C@](C)(O)c1ccccc1. The number of hydrogen-bond donors (Lipinski definition) is 1. The van der Waals surface area contributed by atoms with Crippen LogP contribution in [-0.2, 0) is 5.60 Å². The molecule has 0 fully saturated rings. The minimum absolute atomic E-state index is 0.719. The zero-order chi connectivity index (χ0) is 14.1. The molecular weight excluding hydrogens is 234 g/mol. The number of aliphatic hydroxyl groups is 1. The van der Waals surface area contributed by atoms with Crippen LogP contribution >= 0.6 is 0 Å². The van der Waals surface area contributed by atoms with Gasteiger partial charge in [0.05, 0.1) is 5.60 Å². The van der Waals surface area contributed by atoms with E-state index in [2.05, 4.69) is 18.7 Å². The van der Waals surface area contributed by atoms with Crippen LogP contribution in [0.1, 0.15) is 52.0 Å². The van der Waals surface area contributed by atoms with Gasteiger partial charge in [-0.1, -0.05) is 57.0 Å². The first-order valence-electron chi connectivity index (χ1n) is 7.60. The van der Waals surface area contributed by atoms with Crippen LogP contribution in [0.3, 0.4) is 0 Å². The Morgan fingerprint density at radius 2 is 1.53 bits per heavy atom. The Morgan fingerprint density at radius 3 is 2.00 bits per heavy atom. The van der Waals surface area contributed by atoms with Crippen molar-refractivity contribution in [2.75, 3.05) is 19.6 Å². The maximum Gasteiger partial charge on any atom is 0.0994 e. The van der Waals surface area contributed by atoms with Gasteiger partial charge in [0, 0.05) is 6.54 Å². The molecule has 0 bridgehead atoms. The minimum Gasteiger partial charge on any atom is -0.384 e. The zero-order valence-corrected chi connectivity index (χ0v) is 12.7. The molecule has 1 aromatic rings. The van der Waals surface area contributed by atoms with E-state index in [-0.39, 0.29) is 0 Å². The van der Waals surface area contributed by atoms with Crippen LogP contribution in [0.25, 0.3) is 0 Å². The van der Waals surface area contributed by atoms with Gasteiger partial charge in [-0.2, -0.15) is 0 Å². The van der Waals surface area contributed by atoms with Gasteiger partial charge in [-0.15, -0.1) is 0 Å². The highest BCUT2D eigenvalue weighted by Gasteiger charge is 2.25. The van der Waals surface area contributed by atoms with Crippen LogP contribution in [-0.4, -0.2) is 29.6 Å². The minimum atomic E-state index is -0.761. The number of rotatable bonds is 9. The van der Waals surface area contributed by atoms with Gasteiger partial charge in [0.15, 0.2) is 0 Å². The lowest BCUT2D eigenvalue weighted by molar-refractivity contribution is 0.0150. The van der Waals surface area contributed by atoms with Crippen molar-refractivity contribution < 1.29 is 5.11 Å². The highest BCUT2D eigenvalue weighted by atomic mass is 16.3. The Hall–Kier alpha value is -0.860. The molecule has 1 N–H and O–H groups in total. The molecule has 0 aromatic heterocycles. The summed E-state index contributed by atoms with van der Waals surface area (Å²) in [6, 6.07) is 10.00. The maximum atomic E-state index is 10.7. The summed E-state index contributed by atoms with van der Waals surface area (Å²) in [6.07, 6.45) is 4.81. The summed E-state index contributed by atoms with van der Waals surface area (Å²) >= 11 is 0. The van der Waals surface area contributed by atoms with Gasteiger partial charge in [-0.05, 0) is 38.4 Å². The molecule has 1 rings (SSSR count). The predicted molar refractivity (Wildman–Crippen MR) is 82.3 cm³/mol. The summed E-state index contributed by atoms with van der Waals surface area (Å²) in [5, 5.41) is 10.7. The Labute approximate surface area is 118 Å². The van der Waals surface area contributed by atoms with E-state index >= 15 is 0 Å². The smallest absolute Gasteiger partial charge is 0.0994 e. The van der Waals surface area contributed by atoms with Crippen LogP contribution in [0.2, 0.25) is 0 Å². The van der Waals surface area contributed by atoms with Crippen molar-refractivity contribution >= 4 is 0 Å². The molecule has 1 atom stereocenters. The van der Waals surface area contributed by atoms with E-state index in [0.29, 0.717) is 0 Å². The van der Waals surface area contributed by atoms with Crippen molar-refractivity contribution in [3.05, 3.63) is 35.9 Å². The summed E-state index contributed by atoms with van der Waals surface area (Å²) in [6.45, 7) is 9.24. The first kappa shape index (κ1) is 16.2. The van der Waals surface area contributed by atoms with Crippen molar-refractivity contribution in [2.24, 2.45) is 0 Å². The molecule has 0 aliphatic heterocycles. The lowest BCUT2D eigenvalue weighted by Gasteiger charge is -2.32. The number of hydrogen-bond acceptors (Lipinski definition) is 2. The molecule has 0 amide bonds. The monoisotopic (exact) mass is 263 g/mol. The lowest BCUT2D eigenvalue weighted by atomic mass is 9.95. The Morgan fingerprint density at radius 1 is 1.00 bits per heavy atom. The van der Waals surface area contributed by atoms with Gasteiger partial charge < -0.3 is 10.0 Å². The van der Waals surface area contributed by atoms with E-state index in [0.717, 1.165) is 25.2 Å². The van der Waals surface area contributed by atoms with Crippen LogP contribution in [0.15, 0.2) is 30.3 Å². The third kappa shape index (κ3) is 5.75. The van der Waals surface area contributed by atoms with Crippen molar-refractivity contribution in [1.82, 2.24) is 4.90 Å². The fraction of sp³-hybridized carbons (Fsp3) is 0.647. The molecule has 19 heavy (non-hydrogen) atoms. The van der Waals surface area contributed by atoms with E-state index in [1.54, 1.807) is 0 Å². The molecule has 2 nitrogen and oxygen atoms in total. The summed E-state index contributed by atoms with van der Waals surface area (Å²) in [7, 11) is 0. The topological polar surface area (TPSA) is 23.5 Å². The van der Waals surface area contributed by atoms with E-state index in [4.69, 9.17) is 0 Å². The maximum absolute atomic E-state index is 10.7. The normalized spacial score (nSPS) is 14.6. The number of nitrogens with zero attached hydrogens (tertiary/aromatic N) is 1. The third-order valence-electron chi connectivity index (χ3n) is 3.58. The van der Waals surface area contributed by atoms with Crippen molar-refractivity contribution in [2.45, 2.75) is 52.1 Å². The average Bonchev–Trinajstić information content (AvgIpc) is 2.42. The van der Waals surface area contributed by atoms with Crippen molar-refractivity contribution in [1.29, 1.82) is 0 Å². The highest BCUT2D eigenvalue weighted by molar-refractivity contribution is 5.21. The summed E-state index contributed by atoms with van der Waals surface area (Å²) < 4.78 is 0. The van der Waals surface area contributed by atoms with Gasteiger partial charge in [0.25, 0.3) is 0 Å². The molecule has 0 saturated heterocycles. The van der Waals surface area contributed by atoms with Gasteiger partial charge in [-0.25, -0.2) is 0 Å². The molecule has 0 spiro atoms. The Kier molecular flexibility index (Phi) is 7.11. The van der Waals surface area contributed by atoms with Crippen molar-refractivity contribution in [3.63, 3.8) is 0 Å². The van der Waals surface area contributed by atoms with E-state index in [1.165, 1.54) is 25.7 Å². The molecule has 0 radical (unpaired) electrons. The Balaban J connectivity index is 2.64. The fourth-order valence-corrected chi connectivity index (χ4v) is 2.36. The molecule has 108 valence electrons. The molecule has 0 aliphatic carbocycles. The molecular formula is C17H29NO. The number of benzene rings is 1. The largest absolute Gasteiger partial charge is 0.384 e. The molecule has 1 aromatic carbocycles. The highest BCUT2D eigenvalue weighted by Crippen LogP contribution is 2.22. The molecule has 0 saturated carbocycles. The quantitative estimate of drug-likeness (QED) is 0.732. The van der Waals surface area contributed by atoms with Crippen LogP contribution in [0.4, 0.5) is 0 Å². The van der Waals surface area contributed by atoms with E-state index < -0.39 is 5.60 Å². The summed E-state index contributed by atoms with van der Waals surface area (Å²) in [5.41, 5.74) is 0.246. The second kappa shape index (κ2) is 8.34. The van der Waals surface area contributed by atoms with Crippen molar-refractivity contribution in [3.8, 4) is 0 Å². The molecule has 2 heteroatoms. The molecule has 0 unspecified atom stereocenters. The zero-order valence-electron chi connectivity index (χ0n) is 12.7. The first-order valence-corrected chi connectivity index (χ1v) is 7.60. The van der Waals surface area contributed by atoms with E-state index in [1.807, 2.05) is 37.3 Å². The first-order chi connectivity index (χ1) is 9.10. The van der Waals surface area contributed by atoms with Gasteiger partial charge in [0.1, 0.15) is 0 Å². The Bertz CT molecular complexity index is 326. The summed E-state index contributed by atoms with van der Waals surface area (Å²) in [4.78, 5) is 2.40. The van der Waals surface area contributed by atoms with Crippen LogP contribution < -0.4 is 0 Å². The van der Waals surface area contributed by atoms with Gasteiger partial charge in [-0.3, -0.25) is 0 Å². The second-order valence-electron chi connectivity index (χ2n) is 5.62. The number of unbranched alkanes of at least 4 members (excludes halogenated alkanes) is 2. The predicted octanol–water partition coefficient (Wildman–Crippen LogP) is 3.80. The molecule has 0 heterocycles. The lowest BCUT2D eigenvalue weighted by Crippen LogP contribution is -2.40. The second-order valence-corrected chi connectivity index (χ2v) is 5.62. The van der Waals surface area contributed by atoms with Gasteiger partial charge in [0.2, 0.25) is 0 Å². The third-order valence-corrected chi connectivity index (χ3v) is 3.58. The summed E-state index contributed by atoms with van der Waals surface area (Å²) in [5.74, 6) is 0. The van der Waals surface area contributed by atoms with Crippen LogP contribution in [0, 0.1) is 0 Å². The fourth-order valence-electron chi connectivity index (χ4n) is 2.36. The average molecular weight is 263 g/mol.